The van der Waals surface area contributed by atoms with Gasteiger partial charge in [0.05, 0.1) is 6.10 Å². The van der Waals surface area contributed by atoms with E-state index in [1.165, 1.54) is 0 Å². The monoisotopic (exact) mass is 287 g/mol. The van der Waals surface area contributed by atoms with E-state index < -0.39 is 6.10 Å². The van der Waals surface area contributed by atoms with E-state index in [2.05, 4.69) is 21.2 Å². The van der Waals surface area contributed by atoms with Crippen LogP contribution in [-0.2, 0) is 6.54 Å². The minimum Gasteiger partial charge on any atom is -0.508 e. The van der Waals surface area contributed by atoms with Gasteiger partial charge in [0, 0.05) is 22.1 Å². The van der Waals surface area contributed by atoms with Crippen LogP contribution in [0.1, 0.15) is 26.3 Å². The fourth-order valence-corrected chi connectivity index (χ4v) is 1.57. The third kappa shape index (κ3) is 3.47. The van der Waals surface area contributed by atoms with Gasteiger partial charge in [-0.1, -0.05) is 15.9 Å². The van der Waals surface area contributed by atoms with Crippen LogP contribution in [0.15, 0.2) is 22.7 Å². The molecule has 1 aromatic rings. The van der Waals surface area contributed by atoms with Crippen molar-refractivity contribution in [2.45, 2.75) is 39.0 Å². The zero-order valence-corrected chi connectivity index (χ0v) is 11.4. The van der Waals surface area contributed by atoms with Crippen molar-refractivity contribution in [1.82, 2.24) is 5.32 Å². The van der Waals surface area contributed by atoms with Crippen molar-refractivity contribution >= 4 is 15.9 Å². The van der Waals surface area contributed by atoms with Crippen molar-refractivity contribution in [3.8, 4) is 5.75 Å². The Bertz CT molecular complexity index is 364. The molecule has 0 bridgehead atoms. The van der Waals surface area contributed by atoms with Gasteiger partial charge in [-0.05, 0) is 39.0 Å². The Kier molecular flexibility index (Phi) is 4.35. The second-order valence-corrected chi connectivity index (χ2v) is 5.44. The summed E-state index contributed by atoms with van der Waals surface area (Å²) in [7, 11) is 0. The molecule has 0 spiro atoms. The maximum Gasteiger partial charge on any atom is 0.120 e. The Morgan fingerprint density at radius 1 is 1.44 bits per heavy atom. The number of halogens is 1. The van der Waals surface area contributed by atoms with Crippen LogP contribution in [0.4, 0.5) is 0 Å². The number of aliphatic hydroxyl groups is 1. The molecular weight excluding hydrogens is 270 g/mol. The van der Waals surface area contributed by atoms with E-state index in [0.717, 1.165) is 10.0 Å². The molecule has 0 saturated carbocycles. The number of phenols is 1. The number of aromatic hydroxyl groups is 1. The number of hydrogen-bond donors (Lipinski definition) is 3. The van der Waals surface area contributed by atoms with E-state index >= 15 is 0 Å². The van der Waals surface area contributed by atoms with Gasteiger partial charge in [-0.2, -0.15) is 0 Å². The second-order valence-electron chi connectivity index (χ2n) is 4.52. The van der Waals surface area contributed by atoms with Crippen LogP contribution in [0.25, 0.3) is 0 Å². The van der Waals surface area contributed by atoms with Gasteiger partial charge in [-0.15, -0.1) is 0 Å². The predicted octanol–water partition coefficient (Wildman–Crippen LogP) is 2.40. The average molecular weight is 288 g/mol. The number of benzene rings is 1. The topological polar surface area (TPSA) is 52.5 Å². The molecule has 0 aliphatic heterocycles. The molecule has 1 atom stereocenters. The summed E-state index contributed by atoms with van der Waals surface area (Å²) in [6.45, 7) is 6.11. The summed E-state index contributed by atoms with van der Waals surface area (Å²) in [5.74, 6) is 0.261. The summed E-state index contributed by atoms with van der Waals surface area (Å²) in [6, 6.07) is 5.30. The lowest BCUT2D eigenvalue weighted by atomic mass is 9.98. The van der Waals surface area contributed by atoms with Gasteiger partial charge < -0.3 is 15.5 Å². The SMILES string of the molecule is CC(O)C(C)(C)NCc1cc(Br)ccc1O. The molecule has 0 aliphatic rings. The van der Waals surface area contributed by atoms with E-state index in [9.17, 15) is 10.2 Å². The van der Waals surface area contributed by atoms with E-state index in [0.29, 0.717) is 6.54 Å². The van der Waals surface area contributed by atoms with Crippen LogP contribution < -0.4 is 5.32 Å². The Balaban J connectivity index is 2.71. The molecule has 0 heterocycles. The lowest BCUT2D eigenvalue weighted by molar-refractivity contribution is 0.0955. The maximum absolute atomic E-state index is 9.65. The third-order valence-corrected chi connectivity index (χ3v) is 3.31. The van der Waals surface area contributed by atoms with Crippen LogP contribution in [0, 0.1) is 0 Å². The third-order valence-electron chi connectivity index (χ3n) is 2.82. The quantitative estimate of drug-likeness (QED) is 0.797. The molecule has 3 nitrogen and oxygen atoms in total. The van der Waals surface area contributed by atoms with Crippen LogP contribution in [0.3, 0.4) is 0 Å². The lowest BCUT2D eigenvalue weighted by Crippen LogP contribution is -2.47. The summed E-state index contributed by atoms with van der Waals surface area (Å²) >= 11 is 3.36. The average Bonchev–Trinajstić information content (AvgIpc) is 2.19. The van der Waals surface area contributed by atoms with Crippen molar-refractivity contribution in [2.24, 2.45) is 0 Å². The standard InChI is InChI=1S/C12H18BrNO2/c1-8(15)12(2,3)14-7-9-6-10(13)4-5-11(9)16/h4-6,8,14-16H,7H2,1-3H3. The van der Waals surface area contributed by atoms with Gasteiger partial charge in [-0.25, -0.2) is 0 Å². The highest BCUT2D eigenvalue weighted by Crippen LogP contribution is 2.22. The molecular formula is C12H18BrNO2. The normalized spacial score (nSPS) is 13.8. The van der Waals surface area contributed by atoms with Crippen LogP contribution in [-0.4, -0.2) is 21.9 Å². The first-order valence-corrected chi connectivity index (χ1v) is 6.02. The fraction of sp³-hybridized carbons (Fsp3) is 0.500. The van der Waals surface area contributed by atoms with Gasteiger partial charge in [0.25, 0.3) is 0 Å². The summed E-state index contributed by atoms with van der Waals surface area (Å²) in [5, 5.41) is 22.4. The fourth-order valence-electron chi connectivity index (χ4n) is 1.17. The van der Waals surface area contributed by atoms with Gasteiger partial charge >= 0.3 is 0 Å². The van der Waals surface area contributed by atoms with Crippen molar-refractivity contribution in [1.29, 1.82) is 0 Å². The molecule has 1 unspecified atom stereocenters. The van der Waals surface area contributed by atoms with E-state index in [1.807, 2.05) is 19.9 Å². The molecule has 0 aliphatic carbocycles. The Morgan fingerprint density at radius 2 is 2.06 bits per heavy atom. The maximum atomic E-state index is 9.65. The highest BCUT2D eigenvalue weighted by Gasteiger charge is 2.23. The molecule has 90 valence electrons. The summed E-state index contributed by atoms with van der Waals surface area (Å²) < 4.78 is 0.928. The number of phenolic OH excluding ortho intramolecular Hbond substituents is 1. The van der Waals surface area contributed by atoms with Gasteiger partial charge in [0.2, 0.25) is 0 Å². The van der Waals surface area contributed by atoms with Gasteiger partial charge in [-0.3, -0.25) is 0 Å². The van der Waals surface area contributed by atoms with Gasteiger partial charge in [0.1, 0.15) is 5.75 Å². The molecule has 0 aromatic heterocycles. The molecule has 4 heteroatoms. The van der Waals surface area contributed by atoms with Crippen molar-refractivity contribution in [2.75, 3.05) is 0 Å². The zero-order valence-electron chi connectivity index (χ0n) is 9.79. The predicted molar refractivity (Wildman–Crippen MR) is 68.4 cm³/mol. The van der Waals surface area contributed by atoms with Crippen molar-refractivity contribution < 1.29 is 10.2 Å². The summed E-state index contributed by atoms with van der Waals surface area (Å²) in [4.78, 5) is 0. The summed E-state index contributed by atoms with van der Waals surface area (Å²) in [5.41, 5.74) is 0.428. The largest absolute Gasteiger partial charge is 0.508 e. The smallest absolute Gasteiger partial charge is 0.120 e. The minimum atomic E-state index is -0.457. The highest BCUT2D eigenvalue weighted by atomic mass is 79.9. The molecule has 1 aromatic carbocycles. The van der Waals surface area contributed by atoms with E-state index in [4.69, 9.17) is 0 Å². The number of rotatable bonds is 4. The van der Waals surface area contributed by atoms with Crippen LogP contribution in [0.5, 0.6) is 5.75 Å². The van der Waals surface area contributed by atoms with Crippen LogP contribution >= 0.6 is 15.9 Å². The first-order valence-electron chi connectivity index (χ1n) is 5.23. The lowest BCUT2D eigenvalue weighted by Gasteiger charge is -2.29. The highest BCUT2D eigenvalue weighted by molar-refractivity contribution is 9.10. The number of hydrogen-bond acceptors (Lipinski definition) is 3. The van der Waals surface area contributed by atoms with Crippen LogP contribution in [0.2, 0.25) is 0 Å². The summed E-state index contributed by atoms with van der Waals surface area (Å²) in [6.07, 6.45) is -0.457. The molecule has 3 N–H and O–H groups in total. The van der Waals surface area contributed by atoms with Gasteiger partial charge in [0.15, 0.2) is 0 Å². The Labute approximate surface area is 105 Å². The van der Waals surface area contributed by atoms with Crippen molar-refractivity contribution in [3.63, 3.8) is 0 Å². The zero-order chi connectivity index (χ0) is 12.3. The molecule has 0 amide bonds. The molecule has 0 fully saturated rings. The van der Waals surface area contributed by atoms with E-state index in [1.54, 1.807) is 19.1 Å². The molecule has 0 saturated heterocycles. The number of aliphatic hydroxyl groups excluding tert-OH is 1. The second kappa shape index (κ2) is 5.17. The minimum absolute atomic E-state index is 0.261. The Morgan fingerprint density at radius 3 is 2.62 bits per heavy atom. The van der Waals surface area contributed by atoms with E-state index in [-0.39, 0.29) is 11.3 Å². The molecule has 0 radical (unpaired) electrons. The Hall–Kier alpha value is -0.580. The van der Waals surface area contributed by atoms with Crippen molar-refractivity contribution in [3.05, 3.63) is 28.2 Å². The number of nitrogens with one attached hydrogen (secondary N) is 1. The first kappa shape index (κ1) is 13.5. The first-order chi connectivity index (χ1) is 7.33. The molecule has 16 heavy (non-hydrogen) atoms. The molecule has 1 rings (SSSR count).